The normalized spacial score (nSPS) is 26.7. The van der Waals surface area contributed by atoms with E-state index in [-0.39, 0.29) is 35.5 Å². The SMILES string of the molecule is O=C(C1CC1)N1CCCC(C(=O)N2CCNCC2c2cccc(F)c2)C1. The summed E-state index contributed by atoms with van der Waals surface area (Å²) in [6.07, 6.45) is 3.69. The third kappa shape index (κ3) is 3.61. The Kier molecular flexibility index (Phi) is 4.94. The second-order valence-corrected chi connectivity index (χ2v) is 7.70. The van der Waals surface area contributed by atoms with E-state index in [2.05, 4.69) is 5.32 Å². The molecule has 4 rings (SSSR count). The van der Waals surface area contributed by atoms with Gasteiger partial charge in [0.05, 0.1) is 12.0 Å². The van der Waals surface area contributed by atoms with Gasteiger partial charge in [-0.3, -0.25) is 9.59 Å². The molecule has 1 aromatic carbocycles. The summed E-state index contributed by atoms with van der Waals surface area (Å²) in [6, 6.07) is 6.36. The lowest BCUT2D eigenvalue weighted by atomic mass is 9.93. The molecule has 2 atom stereocenters. The number of benzene rings is 1. The molecule has 5 nitrogen and oxygen atoms in total. The highest BCUT2D eigenvalue weighted by Crippen LogP contribution is 2.33. The Bertz CT molecular complexity index is 691. The summed E-state index contributed by atoms with van der Waals surface area (Å²) in [5.74, 6) is 0.113. The zero-order valence-corrected chi connectivity index (χ0v) is 15.0. The molecule has 0 bridgehead atoms. The maximum atomic E-state index is 13.7. The topological polar surface area (TPSA) is 52.7 Å². The first-order chi connectivity index (χ1) is 12.6. The lowest BCUT2D eigenvalue weighted by Gasteiger charge is -2.41. The van der Waals surface area contributed by atoms with Crippen LogP contribution < -0.4 is 5.32 Å². The first-order valence-corrected chi connectivity index (χ1v) is 9.69. The molecule has 1 aliphatic carbocycles. The number of carbonyl (C=O) groups is 2. The van der Waals surface area contributed by atoms with Crippen LogP contribution in [0.1, 0.15) is 37.3 Å². The van der Waals surface area contributed by atoms with Gasteiger partial charge in [-0.2, -0.15) is 0 Å². The first-order valence-electron chi connectivity index (χ1n) is 9.69. The predicted molar refractivity (Wildman–Crippen MR) is 95.8 cm³/mol. The molecule has 140 valence electrons. The summed E-state index contributed by atoms with van der Waals surface area (Å²) in [5.41, 5.74) is 0.826. The van der Waals surface area contributed by atoms with Gasteiger partial charge < -0.3 is 15.1 Å². The maximum absolute atomic E-state index is 13.7. The van der Waals surface area contributed by atoms with E-state index in [4.69, 9.17) is 0 Å². The molecular weight excluding hydrogens is 333 g/mol. The van der Waals surface area contributed by atoms with E-state index in [1.807, 2.05) is 15.9 Å². The first kappa shape index (κ1) is 17.5. The van der Waals surface area contributed by atoms with Crippen molar-refractivity contribution >= 4 is 11.8 Å². The average Bonchev–Trinajstić information content (AvgIpc) is 3.52. The summed E-state index contributed by atoms with van der Waals surface area (Å²) in [7, 11) is 0. The van der Waals surface area contributed by atoms with Crippen molar-refractivity contribution < 1.29 is 14.0 Å². The van der Waals surface area contributed by atoms with Gasteiger partial charge in [0.25, 0.3) is 0 Å². The second kappa shape index (κ2) is 7.35. The molecule has 2 saturated heterocycles. The Morgan fingerprint density at radius 2 is 1.92 bits per heavy atom. The number of hydrogen-bond acceptors (Lipinski definition) is 3. The molecular formula is C20H26FN3O2. The average molecular weight is 359 g/mol. The molecule has 0 aromatic heterocycles. The van der Waals surface area contributed by atoms with Gasteiger partial charge >= 0.3 is 0 Å². The molecule has 2 aliphatic heterocycles. The van der Waals surface area contributed by atoms with Gasteiger partial charge in [0.15, 0.2) is 0 Å². The number of rotatable bonds is 3. The van der Waals surface area contributed by atoms with E-state index < -0.39 is 0 Å². The zero-order valence-electron chi connectivity index (χ0n) is 15.0. The second-order valence-electron chi connectivity index (χ2n) is 7.70. The van der Waals surface area contributed by atoms with Crippen LogP contribution in [-0.2, 0) is 9.59 Å². The van der Waals surface area contributed by atoms with Crippen molar-refractivity contribution in [1.29, 1.82) is 0 Å². The van der Waals surface area contributed by atoms with E-state index in [0.29, 0.717) is 19.6 Å². The Morgan fingerprint density at radius 3 is 2.69 bits per heavy atom. The molecule has 6 heteroatoms. The van der Waals surface area contributed by atoms with Crippen LogP contribution >= 0.6 is 0 Å². The van der Waals surface area contributed by atoms with Crippen molar-refractivity contribution in [3.8, 4) is 0 Å². The predicted octanol–water partition coefficient (Wildman–Crippen LogP) is 1.95. The highest BCUT2D eigenvalue weighted by atomic mass is 19.1. The van der Waals surface area contributed by atoms with E-state index in [0.717, 1.165) is 44.3 Å². The minimum Gasteiger partial charge on any atom is -0.342 e. The molecule has 0 spiro atoms. The van der Waals surface area contributed by atoms with E-state index in [1.54, 1.807) is 6.07 Å². The molecule has 2 heterocycles. The molecule has 3 fully saturated rings. The fraction of sp³-hybridized carbons (Fsp3) is 0.600. The minimum atomic E-state index is -0.278. The summed E-state index contributed by atoms with van der Waals surface area (Å²) < 4.78 is 13.7. The number of amides is 2. The lowest BCUT2D eigenvalue weighted by Crippen LogP contribution is -2.53. The highest BCUT2D eigenvalue weighted by Gasteiger charge is 2.39. The fourth-order valence-electron chi connectivity index (χ4n) is 4.18. The van der Waals surface area contributed by atoms with Crippen molar-refractivity contribution in [3.63, 3.8) is 0 Å². The molecule has 0 radical (unpaired) electrons. The summed E-state index contributed by atoms with van der Waals surface area (Å²) in [6.45, 7) is 3.30. The Hall–Kier alpha value is -1.95. The number of halogens is 1. The monoisotopic (exact) mass is 359 g/mol. The number of nitrogens with one attached hydrogen (secondary N) is 1. The smallest absolute Gasteiger partial charge is 0.228 e. The zero-order chi connectivity index (χ0) is 18.1. The quantitative estimate of drug-likeness (QED) is 0.897. The standard InChI is InChI=1S/C20H26FN3O2/c21-17-5-1-3-15(11-17)18-12-22-8-10-24(18)20(26)16-4-2-9-23(13-16)19(25)14-6-7-14/h1,3,5,11,14,16,18,22H,2,4,6-10,12-13H2. The van der Waals surface area contributed by atoms with Crippen LogP contribution in [0.3, 0.4) is 0 Å². The van der Waals surface area contributed by atoms with Gasteiger partial charge in [0.2, 0.25) is 11.8 Å². The Labute approximate surface area is 153 Å². The van der Waals surface area contributed by atoms with Crippen LogP contribution in [0.4, 0.5) is 4.39 Å². The number of hydrogen-bond donors (Lipinski definition) is 1. The van der Waals surface area contributed by atoms with Crippen LogP contribution in [0.15, 0.2) is 24.3 Å². The van der Waals surface area contributed by atoms with Gasteiger partial charge in [-0.05, 0) is 43.4 Å². The Balaban J connectivity index is 1.48. The van der Waals surface area contributed by atoms with Crippen molar-refractivity contribution in [2.45, 2.75) is 31.7 Å². The van der Waals surface area contributed by atoms with Gasteiger partial charge in [0.1, 0.15) is 5.82 Å². The van der Waals surface area contributed by atoms with Crippen molar-refractivity contribution in [2.75, 3.05) is 32.7 Å². The van der Waals surface area contributed by atoms with Crippen LogP contribution in [0.5, 0.6) is 0 Å². The summed E-state index contributed by atoms with van der Waals surface area (Å²) in [5, 5.41) is 3.31. The molecule has 3 aliphatic rings. The number of likely N-dealkylation sites (tertiary alicyclic amines) is 1. The van der Waals surface area contributed by atoms with Crippen LogP contribution in [-0.4, -0.2) is 54.3 Å². The lowest BCUT2D eigenvalue weighted by molar-refractivity contribution is -0.143. The number of carbonyl (C=O) groups excluding carboxylic acids is 2. The number of piperazine rings is 1. The van der Waals surface area contributed by atoms with Crippen LogP contribution in [0.2, 0.25) is 0 Å². The van der Waals surface area contributed by atoms with E-state index in [9.17, 15) is 14.0 Å². The van der Waals surface area contributed by atoms with Crippen LogP contribution in [0, 0.1) is 17.7 Å². The molecule has 2 unspecified atom stereocenters. The summed E-state index contributed by atoms with van der Waals surface area (Å²) >= 11 is 0. The molecule has 2 amide bonds. The number of piperidine rings is 1. The molecule has 1 saturated carbocycles. The van der Waals surface area contributed by atoms with Gasteiger partial charge in [0, 0.05) is 38.6 Å². The molecule has 1 N–H and O–H groups in total. The molecule has 1 aromatic rings. The van der Waals surface area contributed by atoms with Crippen molar-refractivity contribution in [3.05, 3.63) is 35.6 Å². The maximum Gasteiger partial charge on any atom is 0.228 e. The van der Waals surface area contributed by atoms with E-state index >= 15 is 0 Å². The van der Waals surface area contributed by atoms with Gasteiger partial charge in [-0.15, -0.1) is 0 Å². The summed E-state index contributed by atoms with van der Waals surface area (Å²) in [4.78, 5) is 29.4. The number of nitrogens with zero attached hydrogens (tertiary/aromatic N) is 2. The molecule has 26 heavy (non-hydrogen) atoms. The van der Waals surface area contributed by atoms with Crippen molar-refractivity contribution in [1.82, 2.24) is 15.1 Å². The fourth-order valence-corrected chi connectivity index (χ4v) is 4.18. The van der Waals surface area contributed by atoms with Gasteiger partial charge in [-0.1, -0.05) is 12.1 Å². The largest absolute Gasteiger partial charge is 0.342 e. The van der Waals surface area contributed by atoms with Gasteiger partial charge in [-0.25, -0.2) is 4.39 Å². The van der Waals surface area contributed by atoms with E-state index in [1.165, 1.54) is 12.1 Å². The van der Waals surface area contributed by atoms with Crippen molar-refractivity contribution in [2.24, 2.45) is 11.8 Å². The third-order valence-corrected chi connectivity index (χ3v) is 5.77. The van der Waals surface area contributed by atoms with Crippen LogP contribution in [0.25, 0.3) is 0 Å². The highest BCUT2D eigenvalue weighted by molar-refractivity contribution is 5.84. The Morgan fingerprint density at radius 1 is 1.08 bits per heavy atom. The minimum absolute atomic E-state index is 0.106. The third-order valence-electron chi connectivity index (χ3n) is 5.77.